The highest BCUT2D eigenvalue weighted by atomic mass is 16.2. The molecule has 3 amide bonds. The summed E-state index contributed by atoms with van der Waals surface area (Å²) in [6, 6.07) is 13.5. The van der Waals surface area contributed by atoms with Gasteiger partial charge in [0.1, 0.15) is 0 Å². The maximum absolute atomic E-state index is 12.1. The van der Waals surface area contributed by atoms with Crippen LogP contribution in [-0.4, -0.2) is 24.3 Å². The summed E-state index contributed by atoms with van der Waals surface area (Å²) in [5.41, 5.74) is 7.40. The molecule has 0 radical (unpaired) electrons. The molecule has 0 saturated carbocycles. The zero-order valence-electron chi connectivity index (χ0n) is 14.7. The first-order valence-corrected chi connectivity index (χ1v) is 8.19. The van der Waals surface area contributed by atoms with Crippen LogP contribution in [0.2, 0.25) is 0 Å². The average molecular weight is 354 g/mol. The van der Waals surface area contributed by atoms with Crippen molar-refractivity contribution in [3.8, 4) is 0 Å². The lowest BCUT2D eigenvalue weighted by Gasteiger charge is -2.11. The standard InChI is InChI=1S/C19H22N4O3/c1-12(2)19(26)23-16-8-4-7-15(10-16)22-17(24)11-21-14-6-3-5-13(9-14)18(20)25/h3-10,12,21H,11H2,1-2H3,(H2,20,25)(H,22,24)(H,23,26). The number of hydrogen-bond acceptors (Lipinski definition) is 4. The van der Waals surface area contributed by atoms with Crippen LogP contribution in [0.1, 0.15) is 24.2 Å². The summed E-state index contributed by atoms with van der Waals surface area (Å²) < 4.78 is 0. The second kappa shape index (κ2) is 8.66. The van der Waals surface area contributed by atoms with E-state index in [0.717, 1.165) is 0 Å². The fourth-order valence-corrected chi connectivity index (χ4v) is 2.13. The van der Waals surface area contributed by atoms with Crippen molar-refractivity contribution in [1.29, 1.82) is 0 Å². The number of hydrogen-bond donors (Lipinski definition) is 4. The number of rotatable bonds is 7. The van der Waals surface area contributed by atoms with Crippen LogP contribution >= 0.6 is 0 Å². The van der Waals surface area contributed by atoms with Gasteiger partial charge in [-0.25, -0.2) is 0 Å². The normalized spacial score (nSPS) is 10.3. The van der Waals surface area contributed by atoms with Gasteiger partial charge in [0.05, 0.1) is 6.54 Å². The Morgan fingerprint density at radius 1 is 0.923 bits per heavy atom. The van der Waals surface area contributed by atoms with Crippen LogP contribution in [0.25, 0.3) is 0 Å². The molecule has 7 nitrogen and oxygen atoms in total. The predicted octanol–water partition coefficient (Wildman–Crippen LogP) is 2.43. The van der Waals surface area contributed by atoms with Crippen molar-refractivity contribution in [2.75, 3.05) is 22.5 Å². The molecule has 0 bridgehead atoms. The van der Waals surface area contributed by atoms with Gasteiger partial charge in [-0.2, -0.15) is 0 Å². The molecular weight excluding hydrogens is 332 g/mol. The maximum Gasteiger partial charge on any atom is 0.248 e. The smallest absolute Gasteiger partial charge is 0.248 e. The SMILES string of the molecule is CC(C)C(=O)Nc1cccc(NC(=O)CNc2cccc(C(N)=O)c2)c1. The van der Waals surface area contributed by atoms with Crippen molar-refractivity contribution in [3.05, 3.63) is 54.1 Å². The lowest BCUT2D eigenvalue weighted by atomic mass is 10.2. The summed E-state index contributed by atoms with van der Waals surface area (Å²) in [7, 11) is 0. The molecule has 26 heavy (non-hydrogen) atoms. The van der Waals surface area contributed by atoms with Gasteiger partial charge >= 0.3 is 0 Å². The number of benzene rings is 2. The number of amides is 3. The van der Waals surface area contributed by atoms with Crippen LogP contribution < -0.4 is 21.7 Å². The van der Waals surface area contributed by atoms with Crippen LogP contribution in [0, 0.1) is 5.92 Å². The van der Waals surface area contributed by atoms with Gasteiger partial charge in [0.15, 0.2) is 0 Å². The molecule has 0 atom stereocenters. The summed E-state index contributed by atoms with van der Waals surface area (Å²) in [5.74, 6) is -1.02. The molecule has 0 unspecified atom stereocenters. The first kappa shape index (κ1) is 19.0. The Labute approximate surface area is 152 Å². The second-order valence-corrected chi connectivity index (χ2v) is 6.07. The zero-order chi connectivity index (χ0) is 19.1. The highest BCUT2D eigenvalue weighted by molar-refractivity contribution is 5.97. The van der Waals surface area contributed by atoms with E-state index in [1.165, 1.54) is 0 Å². The largest absolute Gasteiger partial charge is 0.376 e. The first-order valence-electron chi connectivity index (χ1n) is 8.19. The molecule has 0 aliphatic rings. The molecule has 2 aromatic carbocycles. The maximum atomic E-state index is 12.1. The third-order valence-corrected chi connectivity index (χ3v) is 3.54. The topological polar surface area (TPSA) is 113 Å². The summed E-state index contributed by atoms with van der Waals surface area (Å²) in [4.78, 5) is 35.0. The Hall–Kier alpha value is -3.35. The molecule has 0 fully saturated rings. The highest BCUT2D eigenvalue weighted by Gasteiger charge is 2.08. The van der Waals surface area contributed by atoms with Crippen molar-refractivity contribution in [1.82, 2.24) is 0 Å². The van der Waals surface area contributed by atoms with Crippen molar-refractivity contribution in [2.45, 2.75) is 13.8 Å². The highest BCUT2D eigenvalue weighted by Crippen LogP contribution is 2.16. The van der Waals surface area contributed by atoms with E-state index in [2.05, 4.69) is 16.0 Å². The summed E-state index contributed by atoms with van der Waals surface area (Å²) in [5, 5.41) is 8.46. The van der Waals surface area contributed by atoms with Gasteiger partial charge in [-0.3, -0.25) is 14.4 Å². The van der Waals surface area contributed by atoms with E-state index in [1.54, 1.807) is 62.4 Å². The quantitative estimate of drug-likeness (QED) is 0.611. The number of anilines is 3. The Kier molecular flexibility index (Phi) is 6.32. The third kappa shape index (κ3) is 5.62. The van der Waals surface area contributed by atoms with E-state index in [4.69, 9.17) is 5.73 Å². The van der Waals surface area contributed by atoms with E-state index in [1.807, 2.05) is 0 Å². The van der Waals surface area contributed by atoms with Gasteiger partial charge in [0.25, 0.3) is 0 Å². The minimum Gasteiger partial charge on any atom is -0.376 e. The second-order valence-electron chi connectivity index (χ2n) is 6.07. The van der Waals surface area contributed by atoms with Crippen molar-refractivity contribution in [3.63, 3.8) is 0 Å². The van der Waals surface area contributed by atoms with Crippen molar-refractivity contribution >= 4 is 34.8 Å². The first-order chi connectivity index (χ1) is 12.3. The van der Waals surface area contributed by atoms with Gasteiger partial charge in [-0.1, -0.05) is 26.0 Å². The van der Waals surface area contributed by atoms with Crippen LogP contribution in [0.5, 0.6) is 0 Å². The molecule has 0 heterocycles. The van der Waals surface area contributed by atoms with Gasteiger partial charge < -0.3 is 21.7 Å². The summed E-state index contributed by atoms with van der Waals surface area (Å²) in [6.45, 7) is 3.63. The Morgan fingerprint density at radius 2 is 1.54 bits per heavy atom. The van der Waals surface area contributed by atoms with Crippen LogP contribution in [0.3, 0.4) is 0 Å². The van der Waals surface area contributed by atoms with Gasteiger partial charge in [-0.15, -0.1) is 0 Å². The Bertz CT molecular complexity index is 818. The van der Waals surface area contributed by atoms with Crippen molar-refractivity contribution in [2.24, 2.45) is 11.7 Å². The van der Waals surface area contributed by atoms with E-state index in [-0.39, 0.29) is 24.3 Å². The van der Waals surface area contributed by atoms with Gasteiger partial charge in [0.2, 0.25) is 17.7 Å². The number of nitrogens with one attached hydrogen (secondary N) is 3. The Morgan fingerprint density at radius 3 is 2.19 bits per heavy atom. The third-order valence-electron chi connectivity index (χ3n) is 3.54. The van der Waals surface area contributed by atoms with E-state index in [0.29, 0.717) is 22.6 Å². The van der Waals surface area contributed by atoms with Gasteiger partial charge in [-0.05, 0) is 36.4 Å². The van der Waals surface area contributed by atoms with E-state index >= 15 is 0 Å². The van der Waals surface area contributed by atoms with E-state index < -0.39 is 5.91 Å². The fourth-order valence-electron chi connectivity index (χ4n) is 2.13. The molecule has 0 aromatic heterocycles. The molecule has 0 saturated heterocycles. The molecular formula is C19H22N4O3. The molecule has 0 spiro atoms. The molecule has 0 aliphatic heterocycles. The Balaban J connectivity index is 1.92. The van der Waals surface area contributed by atoms with Crippen LogP contribution in [-0.2, 0) is 9.59 Å². The van der Waals surface area contributed by atoms with Gasteiger partial charge in [0, 0.05) is 28.5 Å². The molecule has 136 valence electrons. The molecule has 5 N–H and O–H groups in total. The summed E-state index contributed by atoms with van der Waals surface area (Å²) in [6.07, 6.45) is 0. The van der Waals surface area contributed by atoms with Crippen molar-refractivity contribution < 1.29 is 14.4 Å². The van der Waals surface area contributed by atoms with Crippen LogP contribution in [0.4, 0.5) is 17.1 Å². The summed E-state index contributed by atoms with van der Waals surface area (Å²) >= 11 is 0. The number of nitrogens with two attached hydrogens (primary N) is 1. The lowest BCUT2D eigenvalue weighted by Crippen LogP contribution is -2.22. The zero-order valence-corrected chi connectivity index (χ0v) is 14.7. The fraction of sp³-hybridized carbons (Fsp3) is 0.211. The number of primary amides is 1. The molecule has 7 heteroatoms. The van der Waals surface area contributed by atoms with E-state index in [9.17, 15) is 14.4 Å². The molecule has 2 aromatic rings. The number of carbonyl (C=O) groups excluding carboxylic acids is 3. The monoisotopic (exact) mass is 354 g/mol. The number of carbonyl (C=O) groups is 3. The average Bonchev–Trinajstić information content (AvgIpc) is 2.60. The minimum absolute atomic E-state index is 0.0186. The van der Waals surface area contributed by atoms with Crippen LogP contribution in [0.15, 0.2) is 48.5 Å². The predicted molar refractivity (Wildman–Crippen MR) is 102 cm³/mol. The minimum atomic E-state index is -0.529. The molecule has 0 aliphatic carbocycles. The lowest BCUT2D eigenvalue weighted by molar-refractivity contribution is -0.119. The molecule has 2 rings (SSSR count).